The highest BCUT2D eigenvalue weighted by atomic mass is 79.9. The minimum Gasteiger partial charge on any atom is -0.454 e. The molecule has 0 aliphatic heterocycles. The maximum Gasteiger partial charge on any atom is 0.166 e. The van der Waals surface area contributed by atoms with Gasteiger partial charge in [-0.1, -0.05) is 50.1 Å². The molecule has 0 fully saturated rings. The summed E-state index contributed by atoms with van der Waals surface area (Å²) in [5.74, 6) is 0.496. The molecule has 0 aliphatic rings. The van der Waals surface area contributed by atoms with Gasteiger partial charge in [-0.3, -0.25) is 0 Å². The van der Waals surface area contributed by atoms with Crippen molar-refractivity contribution in [3.63, 3.8) is 0 Å². The first-order chi connectivity index (χ1) is 8.20. The monoisotopic (exact) mass is 358 g/mol. The van der Waals surface area contributed by atoms with Crippen LogP contribution in [0.1, 0.15) is 5.56 Å². The second kappa shape index (κ2) is 5.65. The normalized spacial score (nSPS) is 10.3. The zero-order chi connectivity index (χ0) is 12.3. The fourth-order valence-corrected chi connectivity index (χ4v) is 2.19. The Labute approximate surface area is 116 Å². The Morgan fingerprint density at radius 1 is 1.06 bits per heavy atom. The summed E-state index contributed by atoms with van der Waals surface area (Å²) < 4.78 is 19.9. The average Bonchev–Trinajstić information content (AvgIpc) is 2.33. The van der Waals surface area contributed by atoms with Crippen molar-refractivity contribution in [1.29, 1.82) is 0 Å². The number of hydrogen-bond acceptors (Lipinski definition) is 1. The molecule has 0 aromatic heterocycles. The van der Waals surface area contributed by atoms with E-state index >= 15 is 0 Å². The van der Waals surface area contributed by atoms with E-state index in [0.29, 0.717) is 15.6 Å². The van der Waals surface area contributed by atoms with Gasteiger partial charge in [0.15, 0.2) is 11.6 Å². The highest BCUT2D eigenvalue weighted by molar-refractivity contribution is 9.10. The van der Waals surface area contributed by atoms with E-state index in [9.17, 15) is 4.39 Å². The molecule has 0 radical (unpaired) electrons. The van der Waals surface area contributed by atoms with E-state index < -0.39 is 0 Å². The predicted molar refractivity (Wildman–Crippen MR) is 73.2 cm³/mol. The molecule has 0 unspecified atom stereocenters. The Kier molecular flexibility index (Phi) is 4.18. The van der Waals surface area contributed by atoms with Crippen LogP contribution in [0.2, 0.25) is 0 Å². The second-order valence-corrected chi connectivity index (χ2v) is 4.89. The third-order valence-corrected chi connectivity index (χ3v) is 3.33. The Morgan fingerprint density at radius 3 is 2.53 bits per heavy atom. The van der Waals surface area contributed by atoms with E-state index in [1.54, 1.807) is 12.1 Å². The van der Waals surface area contributed by atoms with Crippen molar-refractivity contribution < 1.29 is 9.13 Å². The first-order valence-electron chi connectivity index (χ1n) is 4.97. The number of hydrogen-bond donors (Lipinski definition) is 0. The van der Waals surface area contributed by atoms with Gasteiger partial charge in [0.05, 0.1) is 0 Å². The van der Waals surface area contributed by atoms with E-state index in [1.807, 2.05) is 24.3 Å². The molecule has 17 heavy (non-hydrogen) atoms. The fraction of sp³-hybridized carbons (Fsp3) is 0.0769. The summed E-state index contributed by atoms with van der Waals surface area (Å²) in [5.41, 5.74) is 0.981. The largest absolute Gasteiger partial charge is 0.454 e. The predicted octanol–water partition coefficient (Wildman–Crippen LogP) is 5.28. The molecule has 0 heterocycles. The molecule has 4 heteroatoms. The van der Waals surface area contributed by atoms with Crippen LogP contribution in [0, 0.1) is 5.82 Å². The zero-order valence-corrected chi connectivity index (χ0v) is 12.0. The number of alkyl halides is 1. The summed E-state index contributed by atoms with van der Waals surface area (Å²) in [6.45, 7) is 0. The molecule has 0 amide bonds. The van der Waals surface area contributed by atoms with Crippen LogP contribution in [0.4, 0.5) is 4.39 Å². The lowest BCUT2D eigenvalue weighted by Gasteiger charge is -2.10. The molecule has 0 saturated heterocycles. The smallest absolute Gasteiger partial charge is 0.166 e. The summed E-state index contributed by atoms with van der Waals surface area (Å²) in [5, 5.41) is 0.668. The highest BCUT2D eigenvalue weighted by Crippen LogP contribution is 2.29. The van der Waals surface area contributed by atoms with Crippen LogP contribution in [-0.2, 0) is 5.33 Å². The molecule has 2 rings (SSSR count). The summed E-state index contributed by atoms with van der Waals surface area (Å²) >= 11 is 6.58. The van der Waals surface area contributed by atoms with Gasteiger partial charge >= 0.3 is 0 Å². The Hall–Kier alpha value is -0.870. The van der Waals surface area contributed by atoms with Crippen LogP contribution in [0.25, 0.3) is 0 Å². The van der Waals surface area contributed by atoms with Crippen LogP contribution < -0.4 is 4.74 Å². The summed E-state index contributed by atoms with van der Waals surface area (Å²) in [6, 6.07) is 12.3. The van der Waals surface area contributed by atoms with E-state index in [4.69, 9.17) is 4.74 Å². The van der Waals surface area contributed by atoms with Gasteiger partial charge in [0.2, 0.25) is 0 Å². The summed E-state index contributed by atoms with van der Waals surface area (Å²) in [4.78, 5) is 0. The Balaban J connectivity index is 2.31. The molecular formula is C13H9Br2FO. The maximum atomic E-state index is 13.6. The van der Waals surface area contributed by atoms with Crippen LogP contribution in [-0.4, -0.2) is 0 Å². The number of rotatable bonds is 3. The Bertz CT molecular complexity index is 529. The molecule has 0 bridgehead atoms. The molecular weight excluding hydrogens is 351 g/mol. The van der Waals surface area contributed by atoms with Crippen molar-refractivity contribution in [3.8, 4) is 11.5 Å². The standard InChI is InChI=1S/C13H9Br2FO/c14-8-9-3-1-2-4-12(9)17-13-6-5-10(15)7-11(13)16/h1-7H,8H2. The van der Waals surface area contributed by atoms with E-state index in [0.717, 1.165) is 5.56 Å². The maximum absolute atomic E-state index is 13.6. The number of halogens is 3. The van der Waals surface area contributed by atoms with Crippen molar-refractivity contribution >= 4 is 31.9 Å². The van der Waals surface area contributed by atoms with E-state index in [1.165, 1.54) is 6.07 Å². The van der Waals surface area contributed by atoms with Gasteiger partial charge in [-0.25, -0.2) is 4.39 Å². The van der Waals surface area contributed by atoms with Crippen molar-refractivity contribution in [2.45, 2.75) is 5.33 Å². The van der Waals surface area contributed by atoms with Gasteiger partial charge in [0, 0.05) is 15.4 Å². The molecule has 2 aromatic rings. The van der Waals surface area contributed by atoms with Crippen molar-refractivity contribution in [2.75, 3.05) is 0 Å². The fourth-order valence-electron chi connectivity index (χ4n) is 1.39. The van der Waals surface area contributed by atoms with Crippen molar-refractivity contribution in [1.82, 2.24) is 0 Å². The molecule has 0 spiro atoms. The van der Waals surface area contributed by atoms with Gasteiger partial charge < -0.3 is 4.74 Å². The third-order valence-electron chi connectivity index (χ3n) is 2.23. The molecule has 88 valence electrons. The lowest BCUT2D eigenvalue weighted by Crippen LogP contribution is -1.91. The lowest BCUT2D eigenvalue weighted by molar-refractivity contribution is 0.439. The third kappa shape index (κ3) is 3.07. The van der Waals surface area contributed by atoms with Gasteiger partial charge in [-0.2, -0.15) is 0 Å². The van der Waals surface area contributed by atoms with Crippen molar-refractivity contribution in [3.05, 3.63) is 58.3 Å². The first-order valence-corrected chi connectivity index (χ1v) is 6.89. The first kappa shape index (κ1) is 12.6. The minimum atomic E-state index is -0.385. The molecule has 0 saturated carbocycles. The molecule has 0 atom stereocenters. The highest BCUT2D eigenvalue weighted by Gasteiger charge is 2.07. The zero-order valence-electron chi connectivity index (χ0n) is 8.79. The van der Waals surface area contributed by atoms with Crippen LogP contribution in [0.5, 0.6) is 11.5 Å². The minimum absolute atomic E-state index is 0.224. The van der Waals surface area contributed by atoms with Crippen LogP contribution in [0.15, 0.2) is 46.9 Å². The lowest BCUT2D eigenvalue weighted by atomic mass is 10.2. The molecule has 2 aromatic carbocycles. The number of ether oxygens (including phenoxy) is 1. The van der Waals surface area contributed by atoms with Gasteiger partial charge in [0.1, 0.15) is 5.75 Å². The average molecular weight is 360 g/mol. The Morgan fingerprint density at radius 2 is 1.82 bits per heavy atom. The second-order valence-electron chi connectivity index (χ2n) is 3.42. The summed E-state index contributed by atoms with van der Waals surface area (Å²) in [6.07, 6.45) is 0. The van der Waals surface area contributed by atoms with Crippen molar-refractivity contribution in [2.24, 2.45) is 0 Å². The summed E-state index contributed by atoms with van der Waals surface area (Å²) in [7, 11) is 0. The van der Waals surface area contributed by atoms with Gasteiger partial charge in [-0.15, -0.1) is 0 Å². The SMILES string of the molecule is Fc1cc(Br)ccc1Oc1ccccc1CBr. The van der Waals surface area contributed by atoms with E-state index in [2.05, 4.69) is 31.9 Å². The quantitative estimate of drug-likeness (QED) is 0.678. The van der Waals surface area contributed by atoms with Gasteiger partial charge in [0.25, 0.3) is 0 Å². The van der Waals surface area contributed by atoms with Crippen LogP contribution >= 0.6 is 31.9 Å². The molecule has 0 N–H and O–H groups in total. The molecule has 0 aliphatic carbocycles. The van der Waals surface area contributed by atoms with E-state index in [-0.39, 0.29) is 11.6 Å². The number of para-hydroxylation sites is 1. The topological polar surface area (TPSA) is 9.23 Å². The molecule has 1 nitrogen and oxygen atoms in total. The van der Waals surface area contributed by atoms with Gasteiger partial charge in [-0.05, 0) is 24.3 Å². The van der Waals surface area contributed by atoms with Crippen LogP contribution in [0.3, 0.4) is 0 Å². The number of benzene rings is 2.